The van der Waals surface area contributed by atoms with Gasteiger partial charge in [0.15, 0.2) is 0 Å². The molecule has 1 amide bonds. The van der Waals surface area contributed by atoms with E-state index in [9.17, 15) is 4.79 Å². The van der Waals surface area contributed by atoms with Crippen LogP contribution in [0.4, 0.5) is 5.69 Å². The molecule has 19 heavy (non-hydrogen) atoms. The van der Waals surface area contributed by atoms with Gasteiger partial charge in [-0.15, -0.1) is 0 Å². The molecule has 2 N–H and O–H groups in total. The standard InChI is InChI=1S/C13H17N5O/c1-9-10(7-17-18(9)3)6-16-13(19)11-4-5-15-8-12(11)14-2/h4-5,7-8,14H,6H2,1-3H3,(H,16,19). The first-order chi connectivity index (χ1) is 9.13. The molecule has 2 rings (SSSR count). The zero-order valence-corrected chi connectivity index (χ0v) is 11.3. The van der Waals surface area contributed by atoms with E-state index < -0.39 is 0 Å². The van der Waals surface area contributed by atoms with E-state index in [-0.39, 0.29) is 5.91 Å². The molecule has 2 aromatic rings. The third-order valence-corrected chi connectivity index (χ3v) is 3.11. The minimum Gasteiger partial charge on any atom is -0.386 e. The highest BCUT2D eigenvalue weighted by Gasteiger charge is 2.11. The highest BCUT2D eigenvalue weighted by Crippen LogP contribution is 2.12. The van der Waals surface area contributed by atoms with Crippen LogP contribution in [0, 0.1) is 6.92 Å². The second-order valence-electron chi connectivity index (χ2n) is 4.23. The molecule has 0 aliphatic carbocycles. The molecule has 0 aromatic carbocycles. The van der Waals surface area contributed by atoms with Crippen molar-refractivity contribution in [1.29, 1.82) is 0 Å². The topological polar surface area (TPSA) is 71.8 Å². The number of pyridine rings is 1. The molecule has 0 bridgehead atoms. The van der Waals surface area contributed by atoms with E-state index in [1.54, 1.807) is 36.4 Å². The van der Waals surface area contributed by atoms with Gasteiger partial charge in [0, 0.05) is 38.1 Å². The molecule has 0 saturated carbocycles. The van der Waals surface area contributed by atoms with Gasteiger partial charge in [0.1, 0.15) is 0 Å². The number of nitrogens with zero attached hydrogens (tertiary/aromatic N) is 3. The van der Waals surface area contributed by atoms with E-state index in [1.165, 1.54) is 0 Å². The van der Waals surface area contributed by atoms with Gasteiger partial charge in [0.05, 0.1) is 23.6 Å². The summed E-state index contributed by atoms with van der Waals surface area (Å²) in [6, 6.07) is 1.69. The molecule has 0 aliphatic rings. The quantitative estimate of drug-likeness (QED) is 0.862. The lowest BCUT2D eigenvalue weighted by Gasteiger charge is -2.09. The van der Waals surface area contributed by atoms with Crippen molar-refractivity contribution in [1.82, 2.24) is 20.1 Å². The monoisotopic (exact) mass is 259 g/mol. The Kier molecular flexibility index (Phi) is 3.79. The number of amides is 1. The molecule has 0 aliphatic heterocycles. The summed E-state index contributed by atoms with van der Waals surface area (Å²) in [5, 5.41) is 9.98. The normalized spacial score (nSPS) is 10.3. The lowest BCUT2D eigenvalue weighted by molar-refractivity contribution is 0.0951. The Hall–Kier alpha value is -2.37. The van der Waals surface area contributed by atoms with Crippen molar-refractivity contribution >= 4 is 11.6 Å². The zero-order chi connectivity index (χ0) is 13.8. The van der Waals surface area contributed by atoms with Crippen molar-refractivity contribution in [3.63, 3.8) is 0 Å². The van der Waals surface area contributed by atoms with Crippen LogP contribution in [0.25, 0.3) is 0 Å². The van der Waals surface area contributed by atoms with Crippen molar-refractivity contribution in [2.24, 2.45) is 7.05 Å². The highest BCUT2D eigenvalue weighted by molar-refractivity contribution is 5.99. The SMILES string of the molecule is CNc1cnccc1C(=O)NCc1cnn(C)c1C. The molecule has 6 heteroatoms. The number of carbonyl (C=O) groups is 1. The van der Waals surface area contributed by atoms with E-state index in [0.29, 0.717) is 17.8 Å². The molecule has 0 fully saturated rings. The summed E-state index contributed by atoms with van der Waals surface area (Å²) in [5.41, 5.74) is 3.35. The highest BCUT2D eigenvalue weighted by atomic mass is 16.1. The molecule has 2 aromatic heterocycles. The van der Waals surface area contributed by atoms with Crippen LogP contribution in [0.1, 0.15) is 21.6 Å². The fourth-order valence-corrected chi connectivity index (χ4v) is 1.78. The fraction of sp³-hybridized carbons (Fsp3) is 0.308. The Bertz CT molecular complexity index is 590. The predicted octanol–water partition coefficient (Wildman–Crippen LogP) is 1.10. The minimum atomic E-state index is -0.130. The fourth-order valence-electron chi connectivity index (χ4n) is 1.78. The lowest BCUT2D eigenvalue weighted by atomic mass is 10.2. The van der Waals surface area contributed by atoms with Gasteiger partial charge in [-0.05, 0) is 13.0 Å². The molecular formula is C13H17N5O. The van der Waals surface area contributed by atoms with Crippen LogP contribution in [-0.4, -0.2) is 27.7 Å². The molecule has 0 saturated heterocycles. The van der Waals surface area contributed by atoms with Crippen LogP contribution in [0.3, 0.4) is 0 Å². The van der Waals surface area contributed by atoms with E-state index in [0.717, 1.165) is 11.3 Å². The second-order valence-corrected chi connectivity index (χ2v) is 4.23. The molecule has 2 heterocycles. The van der Waals surface area contributed by atoms with Crippen LogP contribution in [0.15, 0.2) is 24.7 Å². The van der Waals surface area contributed by atoms with Crippen molar-refractivity contribution in [2.75, 3.05) is 12.4 Å². The smallest absolute Gasteiger partial charge is 0.253 e. The molecule has 0 atom stereocenters. The Balaban J connectivity index is 2.07. The largest absolute Gasteiger partial charge is 0.386 e. The number of anilines is 1. The number of rotatable bonds is 4. The van der Waals surface area contributed by atoms with Gasteiger partial charge in [-0.2, -0.15) is 5.10 Å². The van der Waals surface area contributed by atoms with Gasteiger partial charge >= 0.3 is 0 Å². The summed E-state index contributed by atoms with van der Waals surface area (Å²) in [4.78, 5) is 16.1. The minimum absolute atomic E-state index is 0.130. The summed E-state index contributed by atoms with van der Waals surface area (Å²) in [6.07, 6.45) is 5.00. The summed E-state index contributed by atoms with van der Waals surface area (Å²) >= 11 is 0. The van der Waals surface area contributed by atoms with E-state index in [2.05, 4.69) is 20.7 Å². The van der Waals surface area contributed by atoms with Crippen LogP contribution in [0.2, 0.25) is 0 Å². The second kappa shape index (κ2) is 5.51. The van der Waals surface area contributed by atoms with Crippen molar-refractivity contribution in [3.8, 4) is 0 Å². The first kappa shape index (κ1) is 13.1. The van der Waals surface area contributed by atoms with Crippen molar-refractivity contribution in [3.05, 3.63) is 41.5 Å². The zero-order valence-electron chi connectivity index (χ0n) is 11.3. The summed E-state index contributed by atoms with van der Waals surface area (Å²) in [7, 11) is 3.64. The molecule has 0 spiro atoms. The number of hydrogen-bond donors (Lipinski definition) is 2. The van der Waals surface area contributed by atoms with Crippen LogP contribution in [0.5, 0.6) is 0 Å². The van der Waals surface area contributed by atoms with Crippen molar-refractivity contribution in [2.45, 2.75) is 13.5 Å². The van der Waals surface area contributed by atoms with Gasteiger partial charge < -0.3 is 10.6 Å². The van der Waals surface area contributed by atoms with Gasteiger partial charge in [-0.25, -0.2) is 0 Å². The maximum atomic E-state index is 12.1. The Labute approximate surface area is 111 Å². The van der Waals surface area contributed by atoms with Crippen LogP contribution < -0.4 is 10.6 Å². The Morgan fingerprint density at radius 2 is 2.21 bits per heavy atom. The summed E-state index contributed by atoms with van der Waals surface area (Å²) in [5.74, 6) is -0.130. The number of hydrogen-bond acceptors (Lipinski definition) is 4. The molecule has 6 nitrogen and oxygen atoms in total. The van der Waals surface area contributed by atoms with Gasteiger partial charge in [0.25, 0.3) is 5.91 Å². The third kappa shape index (κ3) is 2.73. The maximum Gasteiger partial charge on any atom is 0.253 e. The number of carbonyl (C=O) groups excluding carboxylic acids is 1. The Morgan fingerprint density at radius 3 is 2.84 bits per heavy atom. The predicted molar refractivity (Wildman–Crippen MR) is 72.9 cm³/mol. The number of aromatic nitrogens is 3. The number of nitrogens with one attached hydrogen (secondary N) is 2. The van der Waals surface area contributed by atoms with Gasteiger partial charge in [0.2, 0.25) is 0 Å². The molecule has 100 valence electrons. The van der Waals surface area contributed by atoms with Crippen molar-refractivity contribution < 1.29 is 4.79 Å². The first-order valence-electron chi connectivity index (χ1n) is 6.01. The molecule has 0 unspecified atom stereocenters. The van der Waals surface area contributed by atoms with E-state index in [1.807, 2.05) is 14.0 Å². The van der Waals surface area contributed by atoms with Gasteiger partial charge in [-0.1, -0.05) is 0 Å². The third-order valence-electron chi connectivity index (χ3n) is 3.11. The average molecular weight is 259 g/mol. The maximum absolute atomic E-state index is 12.1. The Morgan fingerprint density at radius 1 is 1.42 bits per heavy atom. The van der Waals surface area contributed by atoms with E-state index >= 15 is 0 Å². The average Bonchev–Trinajstić information content (AvgIpc) is 2.76. The summed E-state index contributed by atoms with van der Waals surface area (Å²) < 4.78 is 1.78. The van der Waals surface area contributed by atoms with E-state index in [4.69, 9.17) is 0 Å². The molecule has 0 radical (unpaired) electrons. The van der Waals surface area contributed by atoms with Gasteiger partial charge in [-0.3, -0.25) is 14.5 Å². The number of aryl methyl sites for hydroxylation is 1. The first-order valence-corrected chi connectivity index (χ1v) is 6.01. The lowest BCUT2D eigenvalue weighted by Crippen LogP contribution is -2.24. The summed E-state index contributed by atoms with van der Waals surface area (Å²) in [6.45, 7) is 2.43. The molecular weight excluding hydrogens is 242 g/mol. The van der Waals surface area contributed by atoms with Crippen LogP contribution >= 0.6 is 0 Å². The van der Waals surface area contributed by atoms with Crippen LogP contribution in [-0.2, 0) is 13.6 Å².